The molecule has 1 N–H and O–H groups in total. The maximum Gasteiger partial charge on any atom is 0.273 e. The molecular weight excluding hydrogens is 509 g/mol. The van der Waals surface area contributed by atoms with Crippen LogP contribution in [0.5, 0.6) is 5.75 Å². The molecule has 0 bridgehead atoms. The third-order valence-electron chi connectivity index (χ3n) is 7.43. The predicted molar refractivity (Wildman–Crippen MR) is 146 cm³/mol. The number of nitrogens with one attached hydrogen (secondary N) is 1. The van der Waals surface area contributed by atoms with Gasteiger partial charge in [-0.3, -0.25) is 9.59 Å². The Bertz CT molecular complexity index is 1540. The number of hydrogen-bond acceptors (Lipinski definition) is 5. The van der Waals surface area contributed by atoms with Crippen molar-refractivity contribution < 1.29 is 23.1 Å². The highest BCUT2D eigenvalue weighted by atomic mass is 19.1. The number of hydrogen-bond donors (Lipinski definition) is 1. The van der Waals surface area contributed by atoms with Crippen LogP contribution in [-0.4, -0.2) is 28.2 Å². The Morgan fingerprint density at radius 3 is 2.70 bits per heavy atom. The summed E-state index contributed by atoms with van der Waals surface area (Å²) >= 11 is 0. The lowest BCUT2D eigenvalue weighted by molar-refractivity contribution is -0.134. The molecule has 2 aliphatic rings. The molecule has 1 aliphatic carbocycles. The van der Waals surface area contributed by atoms with Gasteiger partial charge in [0.15, 0.2) is 12.3 Å². The minimum absolute atomic E-state index is 0.0455. The van der Waals surface area contributed by atoms with E-state index in [9.17, 15) is 14.0 Å². The standard InChI is InChI=1S/C32H30FN3O4/c1-20-3-2-4-24(15-20)30-27-16-26(12-9-22(27)13-14-36(30)32(38)23-7-8-23)39-19-29-35-28(18-40-29)31(37)34-17-21-5-10-25(33)11-6-21/h2-6,9-12,15-16,18,23,30H,7-8,13-14,17,19H2,1H3,(H,34,37)/t30-/m1/s1. The van der Waals surface area contributed by atoms with Crippen LogP contribution in [0.25, 0.3) is 0 Å². The van der Waals surface area contributed by atoms with Gasteiger partial charge < -0.3 is 19.4 Å². The van der Waals surface area contributed by atoms with Crippen LogP contribution in [0.15, 0.2) is 77.4 Å². The van der Waals surface area contributed by atoms with Gasteiger partial charge in [-0.2, -0.15) is 0 Å². The number of carbonyl (C=O) groups is 2. The lowest BCUT2D eigenvalue weighted by atomic mass is 9.87. The molecule has 4 aromatic rings. The molecule has 0 radical (unpaired) electrons. The fourth-order valence-electron chi connectivity index (χ4n) is 5.19. The van der Waals surface area contributed by atoms with Crippen molar-refractivity contribution in [3.63, 3.8) is 0 Å². The van der Waals surface area contributed by atoms with Gasteiger partial charge in [0.2, 0.25) is 11.8 Å². The monoisotopic (exact) mass is 539 g/mol. The molecular formula is C32H30FN3O4. The van der Waals surface area contributed by atoms with Crippen molar-refractivity contribution in [2.75, 3.05) is 6.54 Å². The SMILES string of the molecule is Cc1cccc([C@@H]2c3cc(OCc4nc(C(=O)NCc5ccc(F)cc5)co4)ccc3CCN2C(=O)C2CC2)c1. The largest absolute Gasteiger partial charge is 0.484 e. The van der Waals surface area contributed by atoms with E-state index in [1.54, 1.807) is 12.1 Å². The maximum absolute atomic E-state index is 13.3. The van der Waals surface area contributed by atoms with E-state index in [1.165, 1.54) is 24.0 Å². The molecule has 2 amide bonds. The average molecular weight is 540 g/mol. The number of nitrogens with zero attached hydrogens (tertiary/aromatic N) is 2. The fourth-order valence-corrected chi connectivity index (χ4v) is 5.19. The Balaban J connectivity index is 1.16. The van der Waals surface area contributed by atoms with E-state index in [1.807, 2.05) is 23.1 Å². The number of benzene rings is 3. The zero-order chi connectivity index (χ0) is 27.6. The van der Waals surface area contributed by atoms with Gasteiger partial charge >= 0.3 is 0 Å². The van der Waals surface area contributed by atoms with Crippen LogP contribution < -0.4 is 10.1 Å². The summed E-state index contributed by atoms with van der Waals surface area (Å²) in [4.78, 5) is 32.0. The summed E-state index contributed by atoms with van der Waals surface area (Å²) in [5.41, 5.74) is 5.43. The van der Waals surface area contributed by atoms with Crippen LogP contribution in [0, 0.1) is 18.7 Å². The summed E-state index contributed by atoms with van der Waals surface area (Å²) < 4.78 is 24.6. The maximum atomic E-state index is 13.3. The lowest BCUT2D eigenvalue weighted by Crippen LogP contribution is -2.41. The number of rotatable bonds is 8. The highest BCUT2D eigenvalue weighted by Gasteiger charge is 2.39. The van der Waals surface area contributed by atoms with Gasteiger partial charge in [-0.25, -0.2) is 9.37 Å². The number of amides is 2. The lowest BCUT2D eigenvalue weighted by Gasteiger charge is -2.38. The Kier molecular flexibility index (Phi) is 7.07. The molecule has 1 aliphatic heterocycles. The van der Waals surface area contributed by atoms with E-state index in [0.29, 0.717) is 12.3 Å². The van der Waals surface area contributed by atoms with Gasteiger partial charge in [0.05, 0.1) is 6.04 Å². The quantitative estimate of drug-likeness (QED) is 0.319. The third-order valence-corrected chi connectivity index (χ3v) is 7.43. The molecule has 8 heteroatoms. The number of fused-ring (bicyclic) bond motifs is 1. The van der Waals surface area contributed by atoms with Crippen LogP contribution in [0.1, 0.15) is 63.1 Å². The highest BCUT2D eigenvalue weighted by Crippen LogP contribution is 2.41. The first-order valence-corrected chi connectivity index (χ1v) is 13.5. The van der Waals surface area contributed by atoms with Gasteiger partial charge in [0, 0.05) is 19.0 Å². The number of oxazole rings is 1. The van der Waals surface area contributed by atoms with E-state index in [0.717, 1.165) is 41.5 Å². The minimum atomic E-state index is -0.394. The summed E-state index contributed by atoms with van der Waals surface area (Å²) in [6.45, 7) is 3.05. The Labute approximate surface area is 232 Å². The van der Waals surface area contributed by atoms with Crippen molar-refractivity contribution in [1.29, 1.82) is 0 Å². The van der Waals surface area contributed by atoms with E-state index in [4.69, 9.17) is 9.15 Å². The number of aryl methyl sites for hydroxylation is 1. The topological polar surface area (TPSA) is 84.7 Å². The number of carbonyl (C=O) groups excluding carboxylic acids is 2. The van der Waals surface area contributed by atoms with Gasteiger partial charge in [-0.05, 0) is 72.7 Å². The second kappa shape index (κ2) is 11.0. The summed E-state index contributed by atoms with van der Waals surface area (Å²) in [7, 11) is 0. The molecule has 0 spiro atoms. The first-order valence-electron chi connectivity index (χ1n) is 13.5. The fraction of sp³-hybridized carbons (Fsp3) is 0.281. The third kappa shape index (κ3) is 5.61. The second-order valence-electron chi connectivity index (χ2n) is 10.5. The van der Waals surface area contributed by atoms with Crippen LogP contribution in [-0.2, 0) is 24.4 Å². The molecule has 1 atom stereocenters. The minimum Gasteiger partial charge on any atom is -0.484 e. The van der Waals surface area contributed by atoms with Gasteiger partial charge in [0.25, 0.3) is 5.91 Å². The number of ether oxygens (including phenoxy) is 1. The van der Waals surface area contributed by atoms with E-state index in [2.05, 4.69) is 41.5 Å². The normalized spacial score (nSPS) is 16.4. The van der Waals surface area contributed by atoms with Crippen LogP contribution in [0.4, 0.5) is 4.39 Å². The zero-order valence-electron chi connectivity index (χ0n) is 22.2. The molecule has 3 aromatic carbocycles. The summed E-state index contributed by atoms with van der Waals surface area (Å²) in [6.07, 6.45) is 4.02. The van der Waals surface area contributed by atoms with Crippen molar-refractivity contribution in [3.8, 4) is 5.75 Å². The molecule has 40 heavy (non-hydrogen) atoms. The van der Waals surface area contributed by atoms with Crippen molar-refractivity contribution in [1.82, 2.24) is 15.2 Å². The first kappa shape index (κ1) is 25.8. The highest BCUT2D eigenvalue weighted by molar-refractivity contribution is 5.91. The number of halogens is 1. The van der Waals surface area contributed by atoms with Crippen molar-refractivity contribution in [3.05, 3.63) is 118 Å². The van der Waals surface area contributed by atoms with E-state index < -0.39 is 5.91 Å². The van der Waals surface area contributed by atoms with Gasteiger partial charge in [-0.1, -0.05) is 48.0 Å². The summed E-state index contributed by atoms with van der Waals surface area (Å²) in [5.74, 6) is 0.552. The molecule has 0 unspecified atom stereocenters. The molecule has 6 rings (SSSR count). The van der Waals surface area contributed by atoms with Crippen LogP contribution >= 0.6 is 0 Å². The summed E-state index contributed by atoms with van der Waals surface area (Å²) in [5, 5.41) is 2.75. The molecule has 2 heterocycles. The number of aromatic nitrogens is 1. The predicted octanol–water partition coefficient (Wildman–Crippen LogP) is 5.52. The molecule has 7 nitrogen and oxygen atoms in total. The smallest absolute Gasteiger partial charge is 0.273 e. The van der Waals surface area contributed by atoms with Crippen molar-refractivity contribution in [2.24, 2.45) is 5.92 Å². The summed E-state index contributed by atoms with van der Waals surface area (Å²) in [6, 6.07) is 20.1. The average Bonchev–Trinajstić information content (AvgIpc) is 3.71. The van der Waals surface area contributed by atoms with Crippen LogP contribution in [0.3, 0.4) is 0 Å². The molecule has 204 valence electrons. The van der Waals surface area contributed by atoms with Crippen molar-refractivity contribution in [2.45, 2.75) is 45.4 Å². The Hall–Kier alpha value is -4.46. The van der Waals surface area contributed by atoms with E-state index >= 15 is 0 Å². The molecule has 0 saturated heterocycles. The van der Waals surface area contributed by atoms with Gasteiger partial charge in [0.1, 0.15) is 17.8 Å². The molecule has 1 aromatic heterocycles. The second-order valence-corrected chi connectivity index (χ2v) is 10.5. The van der Waals surface area contributed by atoms with Gasteiger partial charge in [-0.15, -0.1) is 0 Å². The van der Waals surface area contributed by atoms with Crippen LogP contribution in [0.2, 0.25) is 0 Å². The first-order chi connectivity index (χ1) is 19.4. The molecule has 1 fully saturated rings. The molecule has 1 saturated carbocycles. The zero-order valence-corrected chi connectivity index (χ0v) is 22.2. The Morgan fingerprint density at radius 2 is 1.93 bits per heavy atom. The van der Waals surface area contributed by atoms with Crippen molar-refractivity contribution >= 4 is 11.8 Å². The van der Waals surface area contributed by atoms with E-state index in [-0.39, 0.29) is 48.4 Å². The Morgan fingerprint density at radius 1 is 1.10 bits per heavy atom.